The van der Waals surface area contributed by atoms with Gasteiger partial charge in [-0.05, 0) is 77.2 Å². The zero-order chi connectivity index (χ0) is 24.3. The number of aromatic nitrogens is 4. The van der Waals surface area contributed by atoms with Gasteiger partial charge in [-0.25, -0.2) is 14.8 Å². The predicted molar refractivity (Wildman–Crippen MR) is 139 cm³/mol. The van der Waals surface area contributed by atoms with Gasteiger partial charge in [-0.3, -0.25) is 9.47 Å². The van der Waals surface area contributed by atoms with Crippen LogP contribution in [0, 0.1) is 5.92 Å². The number of carbonyl (C=O) groups is 1. The lowest BCUT2D eigenvalue weighted by Gasteiger charge is -2.25. The fraction of sp³-hybridized carbons (Fsp3) is 0.462. The fourth-order valence-corrected chi connectivity index (χ4v) is 5.48. The molecule has 0 spiro atoms. The molecule has 0 radical (unpaired) electrons. The van der Waals surface area contributed by atoms with Crippen molar-refractivity contribution in [2.75, 3.05) is 23.8 Å². The molecule has 6 rings (SSSR count). The number of urea groups is 1. The van der Waals surface area contributed by atoms with Crippen LogP contribution >= 0.6 is 15.9 Å². The van der Waals surface area contributed by atoms with Gasteiger partial charge in [0, 0.05) is 31.7 Å². The second kappa shape index (κ2) is 8.33. The van der Waals surface area contributed by atoms with Crippen molar-refractivity contribution >= 4 is 33.7 Å². The number of rotatable bonds is 7. The zero-order valence-electron chi connectivity index (χ0n) is 20.3. The molecule has 35 heavy (non-hydrogen) atoms. The van der Waals surface area contributed by atoms with Crippen molar-refractivity contribution < 1.29 is 4.79 Å². The normalized spacial score (nSPS) is 21.2. The minimum atomic E-state index is -0.302. The molecule has 3 heterocycles. The summed E-state index contributed by atoms with van der Waals surface area (Å²) >= 11 is 3.67. The summed E-state index contributed by atoms with van der Waals surface area (Å²) < 4.78 is 2.89. The molecule has 1 saturated heterocycles. The van der Waals surface area contributed by atoms with Crippen molar-refractivity contribution in [3.05, 3.63) is 58.7 Å². The number of anilines is 2. The first-order chi connectivity index (χ1) is 16.8. The highest BCUT2D eigenvalue weighted by Crippen LogP contribution is 2.48. The molecule has 1 aromatic carbocycles. The third-order valence-electron chi connectivity index (χ3n) is 7.43. The van der Waals surface area contributed by atoms with Gasteiger partial charge in [0.05, 0.1) is 17.3 Å². The Kier molecular flexibility index (Phi) is 5.36. The topological polar surface area (TPSA) is 79.2 Å². The number of carbonyl (C=O) groups excluding carboxylic acids is 1. The number of hydrogen-bond donors (Lipinski definition) is 1. The Hall–Kier alpha value is -2.94. The Bertz CT molecular complexity index is 1280. The summed E-state index contributed by atoms with van der Waals surface area (Å²) in [7, 11) is 1.84. The second-order valence-corrected chi connectivity index (χ2v) is 11.1. The van der Waals surface area contributed by atoms with Gasteiger partial charge in [0.1, 0.15) is 5.82 Å². The summed E-state index contributed by atoms with van der Waals surface area (Å²) in [5, 5.41) is 3.54. The van der Waals surface area contributed by atoms with Gasteiger partial charge in [-0.15, -0.1) is 0 Å². The molecule has 1 unspecified atom stereocenters. The van der Waals surface area contributed by atoms with Gasteiger partial charge in [-0.1, -0.05) is 26.0 Å². The Morgan fingerprint density at radius 1 is 1.17 bits per heavy atom. The lowest BCUT2D eigenvalue weighted by molar-refractivity contribution is 0.229. The highest BCUT2D eigenvalue weighted by Gasteiger charge is 2.48. The lowest BCUT2D eigenvalue weighted by Crippen LogP contribution is -2.38. The van der Waals surface area contributed by atoms with Crippen LogP contribution in [0.1, 0.15) is 56.7 Å². The predicted octanol–water partition coefficient (Wildman–Crippen LogP) is 5.30. The minimum absolute atomic E-state index is 0.0226. The smallest absolute Gasteiger partial charge is 0.325 e. The molecule has 1 aliphatic heterocycles. The minimum Gasteiger partial charge on any atom is -0.343 e. The number of benzene rings is 1. The van der Waals surface area contributed by atoms with Crippen molar-refractivity contribution in [3.8, 4) is 5.69 Å². The van der Waals surface area contributed by atoms with Crippen LogP contribution in [0.25, 0.3) is 5.69 Å². The number of hydrogen-bond acceptors (Lipinski definition) is 5. The molecule has 2 saturated carbocycles. The number of likely N-dealkylation sites (N-methyl/N-ethyl adjacent to an activating group) is 1. The zero-order valence-corrected chi connectivity index (χ0v) is 21.9. The molecule has 3 fully saturated rings. The van der Waals surface area contributed by atoms with E-state index in [1.165, 1.54) is 18.4 Å². The van der Waals surface area contributed by atoms with Crippen molar-refractivity contribution in [2.24, 2.45) is 5.92 Å². The van der Waals surface area contributed by atoms with Crippen molar-refractivity contribution in [3.63, 3.8) is 0 Å². The van der Waals surface area contributed by atoms with E-state index in [-0.39, 0.29) is 17.6 Å². The molecule has 2 aromatic heterocycles. The summed E-state index contributed by atoms with van der Waals surface area (Å²) in [5.74, 6) is 2.18. The maximum absolute atomic E-state index is 12.8. The first-order valence-electron chi connectivity index (χ1n) is 12.4. The Balaban J connectivity index is 1.26. The average molecular weight is 536 g/mol. The summed E-state index contributed by atoms with van der Waals surface area (Å²) in [6.07, 6.45) is 8.29. The molecule has 8 nitrogen and oxygen atoms in total. The molecule has 1 atom stereocenters. The van der Waals surface area contributed by atoms with Crippen molar-refractivity contribution in [1.29, 1.82) is 0 Å². The highest BCUT2D eigenvalue weighted by molar-refractivity contribution is 9.10. The maximum Gasteiger partial charge on any atom is 0.325 e. The Labute approximate surface area is 213 Å². The van der Waals surface area contributed by atoms with Gasteiger partial charge in [0.25, 0.3) is 0 Å². The van der Waals surface area contributed by atoms with E-state index in [0.29, 0.717) is 30.1 Å². The average Bonchev–Trinajstić information content (AvgIpc) is 3.76. The van der Waals surface area contributed by atoms with Crippen LogP contribution in [-0.4, -0.2) is 50.1 Å². The van der Waals surface area contributed by atoms with Crippen LogP contribution in [0.2, 0.25) is 0 Å². The fourth-order valence-electron chi connectivity index (χ4n) is 4.99. The van der Waals surface area contributed by atoms with Crippen LogP contribution in [-0.2, 0) is 5.54 Å². The number of halogens is 1. The molecule has 0 bridgehead atoms. The molecule has 182 valence electrons. The van der Waals surface area contributed by atoms with E-state index >= 15 is 0 Å². The summed E-state index contributed by atoms with van der Waals surface area (Å²) in [6, 6.07) is 10.6. The number of imidazole rings is 1. The van der Waals surface area contributed by atoms with Gasteiger partial charge in [-0.2, -0.15) is 4.98 Å². The van der Waals surface area contributed by atoms with E-state index in [1.807, 2.05) is 13.1 Å². The molecule has 2 aliphatic carbocycles. The molecular formula is C26H30BrN7O. The summed E-state index contributed by atoms with van der Waals surface area (Å²) in [5.41, 5.74) is 3.18. The summed E-state index contributed by atoms with van der Waals surface area (Å²) in [6.45, 7) is 4.97. The van der Waals surface area contributed by atoms with E-state index in [0.717, 1.165) is 29.0 Å². The van der Waals surface area contributed by atoms with Crippen molar-refractivity contribution in [2.45, 2.75) is 57.0 Å². The van der Waals surface area contributed by atoms with Crippen molar-refractivity contribution in [1.82, 2.24) is 24.4 Å². The number of nitrogens with one attached hydrogen (secondary N) is 1. The molecule has 9 heteroatoms. The highest BCUT2D eigenvalue weighted by atomic mass is 79.9. The van der Waals surface area contributed by atoms with Crippen LogP contribution in [0.15, 0.2) is 47.5 Å². The van der Waals surface area contributed by atoms with Crippen LogP contribution in [0.3, 0.4) is 0 Å². The largest absolute Gasteiger partial charge is 0.343 e. The lowest BCUT2D eigenvalue weighted by atomic mass is 10.0. The SMILES string of the molecule is CC(C)C1CN(C)C(=O)N1c1ccnc(NC2(c3cn(-c4cccc(C5CC5)c4)c(Br)n3)CC2)n1. The summed E-state index contributed by atoms with van der Waals surface area (Å²) in [4.78, 5) is 30.5. The first kappa shape index (κ1) is 22.5. The molecule has 3 aromatic rings. The van der Waals surface area contributed by atoms with E-state index in [1.54, 1.807) is 16.0 Å². The second-order valence-electron chi connectivity index (χ2n) is 10.4. The number of nitrogens with zero attached hydrogens (tertiary/aromatic N) is 6. The van der Waals surface area contributed by atoms with E-state index < -0.39 is 0 Å². The maximum atomic E-state index is 12.8. The van der Waals surface area contributed by atoms with Crippen LogP contribution in [0.4, 0.5) is 16.6 Å². The van der Waals surface area contributed by atoms with Gasteiger partial charge in [0.2, 0.25) is 5.95 Å². The third-order valence-corrected chi connectivity index (χ3v) is 7.99. The van der Waals surface area contributed by atoms with Gasteiger partial charge in [0.15, 0.2) is 4.73 Å². The van der Waals surface area contributed by atoms with E-state index in [2.05, 4.69) is 75.1 Å². The third kappa shape index (κ3) is 4.09. The first-order valence-corrected chi connectivity index (χ1v) is 13.2. The Morgan fingerprint density at radius 2 is 1.97 bits per heavy atom. The van der Waals surface area contributed by atoms with Gasteiger partial charge < -0.3 is 10.2 Å². The molecule has 3 aliphatic rings. The Morgan fingerprint density at radius 3 is 2.69 bits per heavy atom. The molecular weight excluding hydrogens is 506 g/mol. The van der Waals surface area contributed by atoms with E-state index in [4.69, 9.17) is 9.97 Å². The molecule has 1 N–H and O–H groups in total. The van der Waals surface area contributed by atoms with Crippen LogP contribution in [0.5, 0.6) is 0 Å². The van der Waals surface area contributed by atoms with Gasteiger partial charge >= 0.3 is 6.03 Å². The monoisotopic (exact) mass is 535 g/mol. The van der Waals surface area contributed by atoms with Crippen LogP contribution < -0.4 is 10.2 Å². The number of amides is 2. The van der Waals surface area contributed by atoms with E-state index in [9.17, 15) is 4.79 Å². The standard InChI is InChI=1S/C26H30BrN7O/c1-16(2)20-14-32(3)25(35)34(20)22-9-12-28-24(30-22)31-26(10-11-26)21-15-33(23(27)29-21)19-6-4-5-18(13-19)17-7-8-17/h4-6,9,12-13,15-17,20H,7-8,10-11,14H2,1-3H3,(H,28,30,31). The quantitative estimate of drug-likeness (QED) is 0.444. The molecule has 2 amide bonds.